The van der Waals surface area contributed by atoms with Crippen molar-refractivity contribution < 1.29 is 0 Å². The molecule has 0 saturated carbocycles. The third-order valence-electron chi connectivity index (χ3n) is 9.34. The minimum absolute atomic E-state index is 0.665. The van der Waals surface area contributed by atoms with Crippen molar-refractivity contribution in [1.82, 2.24) is 15.0 Å². The molecule has 0 fully saturated rings. The fourth-order valence-electron chi connectivity index (χ4n) is 7.00. The lowest BCUT2D eigenvalue weighted by molar-refractivity contribution is 1.08. The van der Waals surface area contributed by atoms with Crippen molar-refractivity contribution in [2.45, 2.75) is 0 Å². The van der Waals surface area contributed by atoms with Gasteiger partial charge in [-0.25, -0.2) is 15.0 Å². The maximum absolute atomic E-state index is 5.10. The van der Waals surface area contributed by atoms with E-state index in [9.17, 15) is 0 Å². The molecule has 0 N–H and O–H groups in total. The Labute approximate surface area is 296 Å². The van der Waals surface area contributed by atoms with Gasteiger partial charge in [-0.15, -0.1) is 22.7 Å². The molecule has 0 atom stereocenters. The first-order valence-corrected chi connectivity index (χ1v) is 18.2. The van der Waals surface area contributed by atoms with E-state index in [1.165, 1.54) is 62.6 Å². The van der Waals surface area contributed by atoms with Gasteiger partial charge in [-0.05, 0) is 47.0 Å². The Hall–Kier alpha value is -6.01. The van der Waals surface area contributed by atoms with Gasteiger partial charge in [-0.2, -0.15) is 0 Å². The summed E-state index contributed by atoms with van der Waals surface area (Å²) in [6, 6.07) is 57.9. The third kappa shape index (κ3) is 4.82. The lowest BCUT2D eigenvalue weighted by Crippen LogP contribution is -2.00. The normalized spacial score (nSPS) is 11.6. The molecular formula is C45H27N3S2. The van der Waals surface area contributed by atoms with Gasteiger partial charge in [0.05, 0.1) is 0 Å². The molecule has 3 heterocycles. The van der Waals surface area contributed by atoms with Crippen molar-refractivity contribution in [3.05, 3.63) is 164 Å². The minimum atomic E-state index is 0.665. The topological polar surface area (TPSA) is 38.7 Å². The molecule has 0 aliphatic carbocycles. The Kier molecular flexibility index (Phi) is 6.86. The van der Waals surface area contributed by atoms with Crippen molar-refractivity contribution in [2.75, 3.05) is 0 Å². The van der Waals surface area contributed by atoms with E-state index in [1.54, 1.807) is 0 Å². The summed E-state index contributed by atoms with van der Waals surface area (Å²) in [4.78, 5) is 15.1. The molecule has 10 rings (SSSR count). The van der Waals surface area contributed by atoms with Crippen LogP contribution in [0.15, 0.2) is 164 Å². The molecule has 7 aromatic carbocycles. The summed E-state index contributed by atoms with van der Waals surface area (Å²) in [6.45, 7) is 0. The summed E-state index contributed by atoms with van der Waals surface area (Å²) in [7, 11) is 0. The van der Waals surface area contributed by atoms with Crippen LogP contribution < -0.4 is 0 Å². The summed E-state index contributed by atoms with van der Waals surface area (Å²) in [6.07, 6.45) is 0. The van der Waals surface area contributed by atoms with Crippen molar-refractivity contribution in [2.24, 2.45) is 0 Å². The number of fused-ring (bicyclic) bond motifs is 6. The second-order valence-electron chi connectivity index (χ2n) is 12.4. The van der Waals surface area contributed by atoms with Crippen LogP contribution in [0.4, 0.5) is 0 Å². The molecule has 0 spiro atoms. The highest BCUT2D eigenvalue weighted by molar-refractivity contribution is 7.27. The van der Waals surface area contributed by atoms with E-state index in [0.29, 0.717) is 17.5 Å². The predicted octanol–water partition coefficient (Wildman–Crippen LogP) is 12.9. The molecule has 234 valence electrons. The first kappa shape index (κ1) is 29.0. The molecule has 0 amide bonds. The summed E-state index contributed by atoms with van der Waals surface area (Å²) in [5.74, 6) is 2.01. The lowest BCUT2D eigenvalue weighted by atomic mass is 9.93. The molecule has 0 aliphatic heterocycles. The Balaban J connectivity index is 1.23. The average molecular weight is 674 g/mol. The Bertz CT molecular complexity index is 2800. The average Bonchev–Trinajstić information content (AvgIpc) is 3.77. The van der Waals surface area contributed by atoms with Gasteiger partial charge in [0.15, 0.2) is 17.5 Å². The molecule has 3 nitrogen and oxygen atoms in total. The van der Waals surface area contributed by atoms with E-state index in [1.807, 2.05) is 59.1 Å². The summed E-state index contributed by atoms with van der Waals surface area (Å²) >= 11 is 3.69. The van der Waals surface area contributed by atoms with E-state index >= 15 is 0 Å². The fourth-order valence-corrected chi connectivity index (χ4v) is 9.45. The molecular weight excluding hydrogens is 647 g/mol. The Morgan fingerprint density at radius 2 is 0.840 bits per heavy atom. The maximum Gasteiger partial charge on any atom is 0.165 e. The SMILES string of the molecule is c1ccc(-c2cc(-c3cccc4sc5c(-c6nc(-c7ccccc7)nc(-c7ccccc7)n6)cccc5c34)c3sc4ccccc4c3c2)cc1. The van der Waals surface area contributed by atoms with Gasteiger partial charge in [0.1, 0.15) is 0 Å². The van der Waals surface area contributed by atoms with Gasteiger partial charge < -0.3 is 0 Å². The van der Waals surface area contributed by atoms with E-state index in [2.05, 4.69) is 127 Å². The van der Waals surface area contributed by atoms with Gasteiger partial charge in [0, 0.05) is 62.6 Å². The predicted molar refractivity (Wildman–Crippen MR) is 213 cm³/mol. The minimum Gasteiger partial charge on any atom is -0.208 e. The van der Waals surface area contributed by atoms with Crippen molar-refractivity contribution >= 4 is 63.0 Å². The molecule has 0 bridgehead atoms. The number of hydrogen-bond donors (Lipinski definition) is 0. The zero-order valence-electron chi connectivity index (χ0n) is 26.7. The molecule has 0 saturated heterocycles. The van der Waals surface area contributed by atoms with Crippen molar-refractivity contribution in [1.29, 1.82) is 0 Å². The van der Waals surface area contributed by atoms with E-state index in [-0.39, 0.29) is 0 Å². The maximum atomic E-state index is 5.10. The molecule has 50 heavy (non-hydrogen) atoms. The summed E-state index contributed by atoms with van der Waals surface area (Å²) in [5.41, 5.74) is 7.88. The molecule has 5 heteroatoms. The summed E-state index contributed by atoms with van der Waals surface area (Å²) in [5, 5.41) is 5.07. The van der Waals surface area contributed by atoms with Crippen LogP contribution in [0, 0.1) is 0 Å². The Morgan fingerprint density at radius 3 is 1.56 bits per heavy atom. The highest BCUT2D eigenvalue weighted by atomic mass is 32.1. The standard InChI is InChI=1S/C45H27N3S2/c1-4-14-28(15-5-1)31-26-36-32-20-10-11-24-38(32)49-42(36)37(27-31)33-21-13-25-39-40(33)34-22-12-23-35(41(34)50-39)45-47-43(29-16-6-2-7-17-29)46-44(48-45)30-18-8-3-9-19-30/h1-27H. The molecule has 0 radical (unpaired) electrons. The van der Waals surface area contributed by atoms with Crippen LogP contribution in [0.3, 0.4) is 0 Å². The van der Waals surface area contributed by atoms with E-state index < -0.39 is 0 Å². The van der Waals surface area contributed by atoms with Crippen LogP contribution in [-0.2, 0) is 0 Å². The molecule has 0 aliphatic rings. The first-order valence-electron chi connectivity index (χ1n) is 16.6. The number of benzene rings is 7. The van der Waals surface area contributed by atoms with E-state index in [0.717, 1.165) is 16.7 Å². The molecule has 0 unspecified atom stereocenters. The number of nitrogens with zero attached hydrogens (tertiary/aromatic N) is 3. The summed E-state index contributed by atoms with van der Waals surface area (Å²) < 4.78 is 5.03. The molecule has 10 aromatic rings. The number of hydrogen-bond acceptors (Lipinski definition) is 5. The van der Waals surface area contributed by atoms with Crippen LogP contribution >= 0.6 is 22.7 Å². The highest BCUT2D eigenvalue weighted by Crippen LogP contribution is 2.48. The third-order valence-corrected chi connectivity index (χ3v) is 11.8. The van der Waals surface area contributed by atoms with Gasteiger partial charge in [0.2, 0.25) is 0 Å². The quantitative estimate of drug-likeness (QED) is 0.182. The largest absolute Gasteiger partial charge is 0.208 e. The zero-order chi connectivity index (χ0) is 33.0. The van der Waals surface area contributed by atoms with Gasteiger partial charge in [-0.3, -0.25) is 0 Å². The number of aromatic nitrogens is 3. The first-order chi connectivity index (χ1) is 24.8. The Morgan fingerprint density at radius 1 is 0.320 bits per heavy atom. The van der Waals surface area contributed by atoms with Crippen LogP contribution in [0.2, 0.25) is 0 Å². The van der Waals surface area contributed by atoms with Crippen LogP contribution in [0.5, 0.6) is 0 Å². The fraction of sp³-hybridized carbons (Fsp3) is 0. The zero-order valence-corrected chi connectivity index (χ0v) is 28.4. The lowest BCUT2D eigenvalue weighted by Gasteiger charge is -2.11. The number of thiophene rings is 2. The second-order valence-corrected chi connectivity index (χ2v) is 14.5. The van der Waals surface area contributed by atoms with Gasteiger partial charge >= 0.3 is 0 Å². The monoisotopic (exact) mass is 673 g/mol. The smallest absolute Gasteiger partial charge is 0.165 e. The van der Waals surface area contributed by atoms with Crippen LogP contribution in [-0.4, -0.2) is 15.0 Å². The van der Waals surface area contributed by atoms with Crippen LogP contribution in [0.1, 0.15) is 0 Å². The molecule has 3 aromatic heterocycles. The van der Waals surface area contributed by atoms with Gasteiger partial charge in [-0.1, -0.05) is 133 Å². The van der Waals surface area contributed by atoms with Crippen molar-refractivity contribution in [3.63, 3.8) is 0 Å². The van der Waals surface area contributed by atoms with Crippen molar-refractivity contribution in [3.8, 4) is 56.4 Å². The highest BCUT2D eigenvalue weighted by Gasteiger charge is 2.20. The second kappa shape index (κ2) is 11.8. The van der Waals surface area contributed by atoms with Crippen LogP contribution in [0.25, 0.3) is 96.8 Å². The number of rotatable bonds is 5. The van der Waals surface area contributed by atoms with E-state index in [4.69, 9.17) is 15.0 Å². The van der Waals surface area contributed by atoms with Gasteiger partial charge in [0.25, 0.3) is 0 Å².